The Hall–Kier alpha value is -1.83. The molecule has 0 aliphatic rings. The van der Waals surface area contributed by atoms with Gasteiger partial charge >= 0.3 is 0 Å². The third-order valence-electron chi connectivity index (χ3n) is 1.60. The molecule has 1 rings (SSSR count). The molecule has 1 aromatic heterocycles. The fraction of sp³-hybridized carbons (Fsp3) is 0.444. The third kappa shape index (κ3) is 2.33. The molecule has 0 N–H and O–H groups in total. The number of aromatic nitrogens is 2. The van der Waals surface area contributed by atoms with Gasteiger partial charge in [0.15, 0.2) is 5.82 Å². The van der Waals surface area contributed by atoms with Crippen molar-refractivity contribution in [2.75, 3.05) is 14.1 Å². The van der Waals surface area contributed by atoms with Crippen molar-refractivity contribution in [2.24, 2.45) is 4.99 Å². The number of hydrogen-bond donors (Lipinski definition) is 0. The molecule has 74 valence electrons. The molecule has 14 heavy (non-hydrogen) atoms. The molecule has 1 heterocycles. The van der Waals surface area contributed by atoms with Crippen LogP contribution in [-0.2, 0) is 6.54 Å². The van der Waals surface area contributed by atoms with Gasteiger partial charge in [0.25, 0.3) is 0 Å². The van der Waals surface area contributed by atoms with Gasteiger partial charge < -0.3 is 4.90 Å². The third-order valence-corrected chi connectivity index (χ3v) is 1.60. The normalized spacial score (nSPS) is 10.4. The molecule has 0 fully saturated rings. The number of aryl methyl sites for hydroxylation is 1. The van der Waals surface area contributed by atoms with Crippen LogP contribution in [0.25, 0.3) is 0 Å². The predicted octanol–water partition coefficient (Wildman–Crippen LogP) is 0.996. The summed E-state index contributed by atoms with van der Waals surface area (Å²) in [6.45, 7) is 2.71. The molecule has 0 amide bonds. The van der Waals surface area contributed by atoms with E-state index in [4.69, 9.17) is 5.26 Å². The Labute approximate surface area is 83.3 Å². The van der Waals surface area contributed by atoms with E-state index in [-0.39, 0.29) is 0 Å². The number of aliphatic imine (C=N–C) groups is 1. The maximum Gasteiger partial charge on any atom is 0.193 e. The molecule has 1 aromatic rings. The quantitative estimate of drug-likeness (QED) is 0.529. The Morgan fingerprint density at radius 2 is 2.43 bits per heavy atom. The van der Waals surface area contributed by atoms with Crippen LogP contribution in [0.4, 0.5) is 5.82 Å². The fourth-order valence-electron chi connectivity index (χ4n) is 0.918. The van der Waals surface area contributed by atoms with Crippen molar-refractivity contribution in [3.8, 4) is 6.07 Å². The highest BCUT2D eigenvalue weighted by Gasteiger charge is 2.05. The largest absolute Gasteiger partial charge is 0.369 e. The smallest absolute Gasteiger partial charge is 0.193 e. The molecule has 0 saturated carbocycles. The standard InChI is InChI=1S/C9H13N5/c1-4-14-6-8(5-10)9(12-14)11-7-13(2)3/h6-7H,4H2,1-3H3. The minimum atomic E-state index is 0.475. The van der Waals surface area contributed by atoms with Gasteiger partial charge in [-0.2, -0.15) is 10.4 Å². The van der Waals surface area contributed by atoms with Crippen LogP contribution in [0, 0.1) is 11.3 Å². The zero-order chi connectivity index (χ0) is 10.6. The Bertz CT molecular complexity index is 369. The Morgan fingerprint density at radius 1 is 1.71 bits per heavy atom. The highest BCUT2D eigenvalue weighted by atomic mass is 15.3. The topological polar surface area (TPSA) is 57.2 Å². The van der Waals surface area contributed by atoms with Crippen LogP contribution < -0.4 is 0 Å². The second-order valence-electron chi connectivity index (χ2n) is 3.04. The average Bonchev–Trinajstić information content (AvgIpc) is 2.57. The first-order valence-electron chi connectivity index (χ1n) is 4.35. The molecule has 0 aliphatic carbocycles. The van der Waals surface area contributed by atoms with Crippen LogP contribution in [0.1, 0.15) is 12.5 Å². The first-order valence-corrected chi connectivity index (χ1v) is 4.35. The lowest BCUT2D eigenvalue weighted by Crippen LogP contribution is -2.07. The summed E-state index contributed by atoms with van der Waals surface area (Å²) in [5.41, 5.74) is 0.505. The van der Waals surface area contributed by atoms with Crippen molar-refractivity contribution in [1.29, 1.82) is 5.26 Å². The monoisotopic (exact) mass is 191 g/mol. The second kappa shape index (κ2) is 4.42. The van der Waals surface area contributed by atoms with Crippen LogP contribution >= 0.6 is 0 Å². The van der Waals surface area contributed by atoms with Crippen molar-refractivity contribution in [1.82, 2.24) is 14.7 Å². The van der Waals surface area contributed by atoms with Crippen molar-refractivity contribution >= 4 is 12.2 Å². The lowest BCUT2D eigenvalue weighted by Gasteiger charge is -2.00. The van der Waals surface area contributed by atoms with E-state index in [2.05, 4.69) is 16.2 Å². The van der Waals surface area contributed by atoms with E-state index >= 15 is 0 Å². The summed E-state index contributed by atoms with van der Waals surface area (Å²) in [5, 5.41) is 12.9. The van der Waals surface area contributed by atoms with Crippen LogP contribution in [-0.4, -0.2) is 35.1 Å². The minimum Gasteiger partial charge on any atom is -0.369 e. The second-order valence-corrected chi connectivity index (χ2v) is 3.04. The van der Waals surface area contributed by atoms with Crippen LogP contribution in [0.2, 0.25) is 0 Å². The van der Waals surface area contributed by atoms with Gasteiger partial charge in [0.2, 0.25) is 0 Å². The number of hydrogen-bond acceptors (Lipinski definition) is 3. The van der Waals surface area contributed by atoms with E-state index in [1.165, 1.54) is 0 Å². The molecule has 5 nitrogen and oxygen atoms in total. The Kier molecular flexibility index (Phi) is 3.24. The Morgan fingerprint density at radius 3 is 2.93 bits per heavy atom. The van der Waals surface area contributed by atoms with Gasteiger partial charge in [-0.3, -0.25) is 4.68 Å². The van der Waals surface area contributed by atoms with Crippen molar-refractivity contribution < 1.29 is 0 Å². The van der Waals surface area contributed by atoms with Gasteiger partial charge in [0.1, 0.15) is 11.6 Å². The van der Waals surface area contributed by atoms with E-state index in [0.717, 1.165) is 6.54 Å². The molecule has 0 radical (unpaired) electrons. The molecular formula is C9H13N5. The van der Waals surface area contributed by atoms with Crippen LogP contribution in [0.15, 0.2) is 11.2 Å². The predicted molar refractivity (Wildman–Crippen MR) is 54.5 cm³/mol. The van der Waals surface area contributed by atoms with Gasteiger partial charge in [-0.25, -0.2) is 4.99 Å². The summed E-state index contributed by atoms with van der Waals surface area (Å²) in [5.74, 6) is 0.475. The maximum absolute atomic E-state index is 8.80. The zero-order valence-corrected chi connectivity index (χ0v) is 8.60. The average molecular weight is 191 g/mol. The number of nitriles is 1. The molecule has 0 atom stereocenters. The van der Waals surface area contributed by atoms with E-state index in [9.17, 15) is 0 Å². The minimum absolute atomic E-state index is 0.475. The summed E-state index contributed by atoms with van der Waals surface area (Å²) in [6.07, 6.45) is 3.32. The summed E-state index contributed by atoms with van der Waals surface area (Å²) in [7, 11) is 3.73. The Balaban J connectivity index is 2.96. The lowest BCUT2D eigenvalue weighted by atomic mass is 10.4. The van der Waals surface area contributed by atoms with Crippen molar-refractivity contribution in [3.05, 3.63) is 11.8 Å². The molecule has 5 heteroatoms. The SMILES string of the molecule is CCn1cc(C#N)c(N=CN(C)C)n1. The molecule has 0 saturated heterocycles. The molecule has 0 spiro atoms. The maximum atomic E-state index is 8.80. The van der Waals surface area contributed by atoms with Crippen LogP contribution in [0.5, 0.6) is 0 Å². The van der Waals surface area contributed by atoms with Crippen molar-refractivity contribution in [2.45, 2.75) is 13.5 Å². The lowest BCUT2D eigenvalue weighted by molar-refractivity contribution is 0.640. The number of rotatable bonds is 3. The number of nitrogens with zero attached hydrogens (tertiary/aromatic N) is 5. The van der Waals surface area contributed by atoms with Gasteiger partial charge in [0.05, 0.1) is 6.34 Å². The summed E-state index contributed by atoms with van der Waals surface area (Å²) >= 11 is 0. The highest BCUT2D eigenvalue weighted by Crippen LogP contribution is 2.14. The summed E-state index contributed by atoms with van der Waals surface area (Å²) in [6, 6.07) is 2.06. The zero-order valence-electron chi connectivity index (χ0n) is 8.60. The van der Waals surface area contributed by atoms with Gasteiger partial charge in [0, 0.05) is 26.8 Å². The highest BCUT2D eigenvalue weighted by molar-refractivity contribution is 5.61. The molecule has 0 aromatic carbocycles. The van der Waals surface area contributed by atoms with Gasteiger partial charge in [-0.05, 0) is 6.92 Å². The van der Waals surface area contributed by atoms with E-state index in [1.807, 2.05) is 21.0 Å². The van der Waals surface area contributed by atoms with Crippen LogP contribution in [0.3, 0.4) is 0 Å². The van der Waals surface area contributed by atoms with Gasteiger partial charge in [-0.15, -0.1) is 0 Å². The van der Waals surface area contributed by atoms with E-state index in [1.54, 1.807) is 22.1 Å². The van der Waals surface area contributed by atoms with Gasteiger partial charge in [-0.1, -0.05) is 0 Å². The summed E-state index contributed by atoms with van der Waals surface area (Å²) < 4.78 is 1.70. The van der Waals surface area contributed by atoms with Crippen molar-refractivity contribution in [3.63, 3.8) is 0 Å². The fourth-order valence-corrected chi connectivity index (χ4v) is 0.918. The first kappa shape index (κ1) is 10.3. The first-order chi connectivity index (χ1) is 6.67. The van der Waals surface area contributed by atoms with E-state index in [0.29, 0.717) is 11.4 Å². The summed E-state index contributed by atoms with van der Waals surface area (Å²) in [4.78, 5) is 5.89. The molecule has 0 bridgehead atoms. The molecular weight excluding hydrogens is 178 g/mol. The molecule has 0 unspecified atom stereocenters. The molecule has 0 aliphatic heterocycles. The van der Waals surface area contributed by atoms with E-state index < -0.39 is 0 Å².